The molecule has 0 bridgehead atoms. The summed E-state index contributed by atoms with van der Waals surface area (Å²) in [5.41, 5.74) is 0. The highest BCUT2D eigenvalue weighted by molar-refractivity contribution is 5.05. The number of nitrogens with zero attached hydrogens (tertiary/aromatic N) is 2. The number of hydrogen-bond donors (Lipinski definition) is 1. The second kappa shape index (κ2) is 6.55. The van der Waals surface area contributed by atoms with E-state index < -0.39 is 0 Å². The van der Waals surface area contributed by atoms with Crippen molar-refractivity contribution in [2.24, 2.45) is 0 Å². The molecule has 4 heteroatoms. The molecule has 1 aliphatic rings. The third-order valence-corrected chi connectivity index (χ3v) is 4.04. The van der Waals surface area contributed by atoms with Gasteiger partial charge in [0.1, 0.15) is 5.76 Å². The standard InChI is InChI=1S/C15H27N3O/c1-12(2)18-8-7-13(11-18)16-10-14(17(3)4)15-6-5-9-19-15/h5-6,9,12-14,16H,7-8,10-11H2,1-4H3. The van der Waals surface area contributed by atoms with Gasteiger partial charge in [-0.25, -0.2) is 0 Å². The highest BCUT2D eigenvalue weighted by atomic mass is 16.3. The first-order chi connectivity index (χ1) is 9.08. The molecule has 2 unspecified atom stereocenters. The molecule has 1 aromatic heterocycles. The van der Waals surface area contributed by atoms with E-state index in [-0.39, 0.29) is 0 Å². The Morgan fingerprint density at radius 3 is 2.79 bits per heavy atom. The summed E-state index contributed by atoms with van der Waals surface area (Å²) in [5, 5.41) is 3.69. The molecule has 4 nitrogen and oxygen atoms in total. The molecule has 0 amide bonds. The Morgan fingerprint density at radius 1 is 1.47 bits per heavy atom. The summed E-state index contributed by atoms with van der Waals surface area (Å²) in [6.07, 6.45) is 3.00. The van der Waals surface area contributed by atoms with E-state index in [0.717, 1.165) is 18.8 Å². The molecular formula is C15H27N3O. The summed E-state index contributed by atoms with van der Waals surface area (Å²) in [6, 6.07) is 5.59. The summed E-state index contributed by atoms with van der Waals surface area (Å²) >= 11 is 0. The molecule has 1 aliphatic heterocycles. The first-order valence-electron chi connectivity index (χ1n) is 7.25. The van der Waals surface area contributed by atoms with E-state index in [1.165, 1.54) is 13.0 Å². The molecule has 1 fully saturated rings. The van der Waals surface area contributed by atoms with Gasteiger partial charge in [0.25, 0.3) is 0 Å². The third-order valence-electron chi connectivity index (χ3n) is 4.04. The Hall–Kier alpha value is -0.840. The summed E-state index contributed by atoms with van der Waals surface area (Å²) in [6.45, 7) is 7.86. The van der Waals surface area contributed by atoms with Crippen molar-refractivity contribution in [2.75, 3.05) is 33.7 Å². The lowest BCUT2D eigenvalue weighted by molar-refractivity contribution is 0.236. The van der Waals surface area contributed by atoms with E-state index >= 15 is 0 Å². The lowest BCUT2D eigenvalue weighted by atomic mass is 10.2. The van der Waals surface area contributed by atoms with Crippen molar-refractivity contribution >= 4 is 0 Å². The molecule has 0 spiro atoms. The predicted octanol–water partition coefficient (Wildman–Crippen LogP) is 1.95. The summed E-state index contributed by atoms with van der Waals surface area (Å²) in [4.78, 5) is 4.75. The van der Waals surface area contributed by atoms with E-state index in [4.69, 9.17) is 4.42 Å². The van der Waals surface area contributed by atoms with Crippen LogP contribution in [0.1, 0.15) is 32.1 Å². The van der Waals surface area contributed by atoms with Crippen molar-refractivity contribution in [1.29, 1.82) is 0 Å². The highest BCUT2D eigenvalue weighted by Crippen LogP contribution is 2.19. The van der Waals surface area contributed by atoms with Crippen LogP contribution in [0.15, 0.2) is 22.8 Å². The summed E-state index contributed by atoms with van der Waals surface area (Å²) in [5.74, 6) is 1.04. The van der Waals surface area contributed by atoms with Crippen LogP contribution < -0.4 is 5.32 Å². The molecule has 0 saturated carbocycles. The number of nitrogens with one attached hydrogen (secondary N) is 1. The smallest absolute Gasteiger partial charge is 0.122 e. The third kappa shape index (κ3) is 3.81. The maximum Gasteiger partial charge on any atom is 0.122 e. The predicted molar refractivity (Wildman–Crippen MR) is 78.3 cm³/mol. The molecule has 108 valence electrons. The first-order valence-corrected chi connectivity index (χ1v) is 7.25. The number of furan rings is 1. The number of likely N-dealkylation sites (tertiary alicyclic amines) is 1. The average molecular weight is 265 g/mol. The quantitative estimate of drug-likeness (QED) is 0.852. The number of likely N-dealkylation sites (N-methyl/N-ethyl adjacent to an activating group) is 1. The van der Waals surface area contributed by atoms with Gasteiger partial charge in [-0.3, -0.25) is 9.80 Å². The highest BCUT2D eigenvalue weighted by Gasteiger charge is 2.25. The first kappa shape index (κ1) is 14.6. The number of rotatable bonds is 6. The maximum atomic E-state index is 5.54. The van der Waals surface area contributed by atoms with Gasteiger partial charge in [-0.15, -0.1) is 0 Å². The monoisotopic (exact) mass is 265 g/mol. The second-order valence-corrected chi connectivity index (χ2v) is 5.98. The van der Waals surface area contributed by atoms with Gasteiger partial charge in [-0.1, -0.05) is 0 Å². The fourth-order valence-electron chi connectivity index (χ4n) is 2.72. The molecule has 0 radical (unpaired) electrons. The van der Waals surface area contributed by atoms with Crippen molar-refractivity contribution in [3.63, 3.8) is 0 Å². The van der Waals surface area contributed by atoms with Gasteiger partial charge < -0.3 is 9.73 Å². The molecule has 1 saturated heterocycles. The van der Waals surface area contributed by atoms with Gasteiger partial charge in [-0.2, -0.15) is 0 Å². The molecule has 19 heavy (non-hydrogen) atoms. The summed E-state index contributed by atoms with van der Waals surface area (Å²) in [7, 11) is 4.20. The number of hydrogen-bond acceptors (Lipinski definition) is 4. The minimum Gasteiger partial charge on any atom is -0.468 e. The van der Waals surface area contributed by atoms with Crippen LogP contribution in [0.4, 0.5) is 0 Å². The largest absolute Gasteiger partial charge is 0.468 e. The zero-order valence-corrected chi connectivity index (χ0v) is 12.6. The van der Waals surface area contributed by atoms with Crippen molar-refractivity contribution < 1.29 is 4.42 Å². The van der Waals surface area contributed by atoms with Crippen LogP contribution in [0.25, 0.3) is 0 Å². The van der Waals surface area contributed by atoms with Crippen LogP contribution in [0.5, 0.6) is 0 Å². The van der Waals surface area contributed by atoms with Crippen LogP contribution in [0.2, 0.25) is 0 Å². The SMILES string of the molecule is CC(C)N1CCC(NCC(c2ccco2)N(C)C)C1. The van der Waals surface area contributed by atoms with Crippen LogP contribution >= 0.6 is 0 Å². The lowest BCUT2D eigenvalue weighted by Gasteiger charge is -2.25. The van der Waals surface area contributed by atoms with Gasteiger partial charge in [0, 0.05) is 25.2 Å². The Kier molecular flexibility index (Phi) is 5.02. The van der Waals surface area contributed by atoms with Crippen LogP contribution in [0, 0.1) is 0 Å². The Balaban J connectivity index is 1.84. The zero-order chi connectivity index (χ0) is 13.8. The van der Waals surface area contributed by atoms with Crippen molar-refractivity contribution in [1.82, 2.24) is 15.1 Å². The minimum absolute atomic E-state index is 0.308. The van der Waals surface area contributed by atoms with E-state index in [0.29, 0.717) is 18.1 Å². The zero-order valence-electron chi connectivity index (χ0n) is 12.6. The van der Waals surface area contributed by atoms with E-state index in [1.54, 1.807) is 6.26 Å². The van der Waals surface area contributed by atoms with E-state index in [2.05, 4.69) is 49.1 Å². The van der Waals surface area contributed by atoms with Gasteiger partial charge in [0.2, 0.25) is 0 Å². The Morgan fingerprint density at radius 2 is 2.26 bits per heavy atom. The van der Waals surface area contributed by atoms with Gasteiger partial charge in [0.05, 0.1) is 12.3 Å². The topological polar surface area (TPSA) is 31.6 Å². The van der Waals surface area contributed by atoms with E-state index in [9.17, 15) is 0 Å². The average Bonchev–Trinajstić information content (AvgIpc) is 2.98. The second-order valence-electron chi connectivity index (χ2n) is 5.98. The van der Waals surface area contributed by atoms with Crippen molar-refractivity contribution in [3.8, 4) is 0 Å². The van der Waals surface area contributed by atoms with Crippen LogP contribution in [-0.2, 0) is 0 Å². The van der Waals surface area contributed by atoms with Crippen LogP contribution in [-0.4, -0.2) is 55.6 Å². The molecule has 0 aromatic carbocycles. The van der Waals surface area contributed by atoms with Gasteiger partial charge >= 0.3 is 0 Å². The molecule has 1 N–H and O–H groups in total. The molecule has 1 aromatic rings. The Labute approximate surface area is 116 Å². The van der Waals surface area contributed by atoms with Crippen molar-refractivity contribution in [3.05, 3.63) is 24.2 Å². The molecule has 2 atom stereocenters. The fourth-order valence-corrected chi connectivity index (χ4v) is 2.72. The molecule has 2 heterocycles. The normalized spacial score (nSPS) is 22.5. The molecule has 0 aliphatic carbocycles. The Bertz CT molecular complexity index is 361. The van der Waals surface area contributed by atoms with Gasteiger partial charge in [0.15, 0.2) is 0 Å². The molecular weight excluding hydrogens is 238 g/mol. The minimum atomic E-state index is 0.308. The maximum absolute atomic E-state index is 5.54. The van der Waals surface area contributed by atoms with Crippen molar-refractivity contribution in [2.45, 2.75) is 38.4 Å². The van der Waals surface area contributed by atoms with E-state index in [1.807, 2.05) is 6.07 Å². The lowest BCUT2D eigenvalue weighted by Crippen LogP contribution is -2.39. The van der Waals surface area contributed by atoms with Gasteiger partial charge in [-0.05, 0) is 53.0 Å². The fraction of sp³-hybridized carbons (Fsp3) is 0.733. The van der Waals surface area contributed by atoms with Crippen LogP contribution in [0.3, 0.4) is 0 Å². The summed E-state index contributed by atoms with van der Waals surface area (Å²) < 4.78 is 5.54. The molecule has 2 rings (SSSR count).